The minimum absolute atomic E-state index is 0.0263. The molecule has 0 fully saturated rings. The zero-order valence-electron chi connectivity index (χ0n) is 9.94. The van der Waals surface area contributed by atoms with Gasteiger partial charge in [0.1, 0.15) is 0 Å². The van der Waals surface area contributed by atoms with Gasteiger partial charge in [-0.1, -0.05) is 13.3 Å². The second kappa shape index (κ2) is 6.10. The van der Waals surface area contributed by atoms with Crippen molar-refractivity contribution in [1.29, 1.82) is 0 Å². The summed E-state index contributed by atoms with van der Waals surface area (Å²) in [6, 6.07) is 1.65. The van der Waals surface area contributed by atoms with Gasteiger partial charge in [-0.2, -0.15) is 0 Å². The first-order valence-electron chi connectivity index (χ1n) is 5.69. The van der Waals surface area contributed by atoms with Crippen LogP contribution >= 0.6 is 0 Å². The Bertz CT molecular complexity index is 352. The number of amides is 1. The molecule has 1 aromatic heterocycles. The first-order valence-corrected chi connectivity index (χ1v) is 5.69. The highest BCUT2D eigenvalue weighted by Gasteiger charge is 2.15. The molecule has 0 atom stereocenters. The molecule has 2 N–H and O–H groups in total. The largest absolute Gasteiger partial charge is 0.398 e. The molecule has 0 saturated heterocycles. The fourth-order valence-corrected chi connectivity index (χ4v) is 1.51. The van der Waals surface area contributed by atoms with Crippen LogP contribution in [-0.2, 0) is 0 Å². The lowest BCUT2D eigenvalue weighted by atomic mass is 10.2. The molecular weight excluding hydrogens is 202 g/mol. The number of anilines is 1. The molecule has 0 unspecified atom stereocenters. The standard InChI is InChI=1S/C12H19N3O/c1-3-5-8-15(4-2)12(16)10-9-14-7-6-11(10)13/h6-7,9H,3-5,8H2,1-2H3,(H2,13,14). The van der Waals surface area contributed by atoms with Gasteiger partial charge in [-0.25, -0.2) is 0 Å². The van der Waals surface area contributed by atoms with E-state index in [1.54, 1.807) is 17.2 Å². The highest BCUT2D eigenvalue weighted by Crippen LogP contribution is 2.12. The molecule has 16 heavy (non-hydrogen) atoms. The predicted octanol–water partition coefficient (Wildman–Crippen LogP) is 1.93. The minimum Gasteiger partial charge on any atom is -0.398 e. The van der Waals surface area contributed by atoms with E-state index in [1.165, 1.54) is 6.20 Å². The first-order chi connectivity index (χ1) is 7.70. The average Bonchev–Trinajstić information content (AvgIpc) is 2.30. The van der Waals surface area contributed by atoms with E-state index in [0.29, 0.717) is 17.8 Å². The van der Waals surface area contributed by atoms with Gasteiger partial charge in [-0.15, -0.1) is 0 Å². The van der Waals surface area contributed by atoms with Crippen LogP contribution in [0, 0.1) is 0 Å². The Balaban J connectivity index is 2.79. The Kier molecular flexibility index (Phi) is 4.76. The molecule has 0 aliphatic rings. The summed E-state index contributed by atoms with van der Waals surface area (Å²) in [4.78, 5) is 17.8. The number of aromatic nitrogens is 1. The summed E-state index contributed by atoms with van der Waals surface area (Å²) in [5.74, 6) is -0.0263. The molecule has 0 spiro atoms. The van der Waals surface area contributed by atoms with Crippen LogP contribution in [0.3, 0.4) is 0 Å². The fraction of sp³-hybridized carbons (Fsp3) is 0.500. The zero-order valence-corrected chi connectivity index (χ0v) is 9.94. The van der Waals surface area contributed by atoms with Crippen molar-refractivity contribution in [2.24, 2.45) is 0 Å². The SMILES string of the molecule is CCCCN(CC)C(=O)c1cnccc1N. The Morgan fingerprint density at radius 2 is 2.25 bits per heavy atom. The summed E-state index contributed by atoms with van der Waals surface area (Å²) in [6.45, 7) is 5.56. The van der Waals surface area contributed by atoms with Crippen molar-refractivity contribution in [2.45, 2.75) is 26.7 Å². The van der Waals surface area contributed by atoms with Crippen LogP contribution in [0.1, 0.15) is 37.0 Å². The van der Waals surface area contributed by atoms with Gasteiger partial charge in [0.2, 0.25) is 0 Å². The summed E-state index contributed by atoms with van der Waals surface area (Å²) < 4.78 is 0. The summed E-state index contributed by atoms with van der Waals surface area (Å²) in [6.07, 6.45) is 5.22. The second-order valence-corrected chi connectivity index (χ2v) is 3.70. The van der Waals surface area contributed by atoms with Gasteiger partial charge in [0.25, 0.3) is 5.91 Å². The van der Waals surface area contributed by atoms with E-state index in [0.717, 1.165) is 19.4 Å². The van der Waals surface area contributed by atoms with Crippen molar-refractivity contribution in [2.75, 3.05) is 18.8 Å². The Labute approximate surface area is 96.5 Å². The molecule has 0 aromatic carbocycles. The number of nitrogen functional groups attached to an aromatic ring is 1. The maximum Gasteiger partial charge on any atom is 0.257 e. The normalized spacial score (nSPS) is 10.1. The Morgan fingerprint density at radius 1 is 1.50 bits per heavy atom. The maximum absolute atomic E-state index is 12.1. The third-order valence-corrected chi connectivity index (χ3v) is 2.54. The molecule has 0 bridgehead atoms. The topological polar surface area (TPSA) is 59.2 Å². The van der Waals surface area contributed by atoms with E-state index in [4.69, 9.17) is 5.73 Å². The number of rotatable bonds is 5. The zero-order chi connectivity index (χ0) is 12.0. The van der Waals surface area contributed by atoms with Crippen molar-refractivity contribution in [3.8, 4) is 0 Å². The van der Waals surface area contributed by atoms with Gasteiger partial charge in [0.15, 0.2) is 0 Å². The molecule has 4 nitrogen and oxygen atoms in total. The van der Waals surface area contributed by atoms with Gasteiger partial charge in [-0.3, -0.25) is 9.78 Å². The second-order valence-electron chi connectivity index (χ2n) is 3.70. The van der Waals surface area contributed by atoms with E-state index < -0.39 is 0 Å². The number of pyridine rings is 1. The van der Waals surface area contributed by atoms with E-state index in [2.05, 4.69) is 11.9 Å². The van der Waals surface area contributed by atoms with Gasteiger partial charge < -0.3 is 10.6 Å². The Hall–Kier alpha value is -1.58. The number of unbranched alkanes of at least 4 members (excludes halogenated alkanes) is 1. The molecule has 1 heterocycles. The average molecular weight is 221 g/mol. The Morgan fingerprint density at radius 3 is 2.81 bits per heavy atom. The van der Waals surface area contributed by atoms with Crippen LogP contribution < -0.4 is 5.73 Å². The molecule has 1 rings (SSSR count). The van der Waals surface area contributed by atoms with E-state index >= 15 is 0 Å². The van der Waals surface area contributed by atoms with Crippen molar-refractivity contribution in [3.63, 3.8) is 0 Å². The minimum atomic E-state index is -0.0263. The molecule has 0 radical (unpaired) electrons. The van der Waals surface area contributed by atoms with Gasteiger partial charge in [0, 0.05) is 31.2 Å². The smallest absolute Gasteiger partial charge is 0.257 e. The lowest BCUT2D eigenvalue weighted by Crippen LogP contribution is -2.32. The molecule has 4 heteroatoms. The first kappa shape index (κ1) is 12.5. The van der Waals surface area contributed by atoms with Crippen LogP contribution in [0.2, 0.25) is 0 Å². The molecule has 1 amide bonds. The van der Waals surface area contributed by atoms with Crippen LogP contribution in [-0.4, -0.2) is 28.9 Å². The van der Waals surface area contributed by atoms with Crippen LogP contribution in [0.5, 0.6) is 0 Å². The quantitative estimate of drug-likeness (QED) is 0.826. The van der Waals surface area contributed by atoms with Gasteiger partial charge >= 0.3 is 0 Å². The van der Waals surface area contributed by atoms with Gasteiger partial charge in [0.05, 0.1) is 5.56 Å². The lowest BCUT2D eigenvalue weighted by molar-refractivity contribution is 0.0763. The van der Waals surface area contributed by atoms with Crippen molar-refractivity contribution >= 4 is 11.6 Å². The van der Waals surface area contributed by atoms with Crippen molar-refractivity contribution in [1.82, 2.24) is 9.88 Å². The molecule has 1 aromatic rings. The van der Waals surface area contributed by atoms with E-state index in [9.17, 15) is 4.79 Å². The summed E-state index contributed by atoms with van der Waals surface area (Å²) in [5, 5.41) is 0. The summed E-state index contributed by atoms with van der Waals surface area (Å²) in [7, 11) is 0. The number of carbonyl (C=O) groups excluding carboxylic acids is 1. The molecule has 0 aliphatic carbocycles. The van der Waals surface area contributed by atoms with Crippen molar-refractivity contribution < 1.29 is 4.79 Å². The third kappa shape index (κ3) is 2.95. The molecule has 0 aliphatic heterocycles. The molecule has 88 valence electrons. The number of nitrogens with zero attached hydrogens (tertiary/aromatic N) is 2. The number of carbonyl (C=O) groups is 1. The molecular formula is C12H19N3O. The number of hydrogen-bond donors (Lipinski definition) is 1. The molecule has 0 saturated carbocycles. The highest BCUT2D eigenvalue weighted by molar-refractivity contribution is 5.98. The van der Waals surface area contributed by atoms with Gasteiger partial charge in [-0.05, 0) is 19.4 Å². The maximum atomic E-state index is 12.1. The van der Waals surface area contributed by atoms with Crippen molar-refractivity contribution in [3.05, 3.63) is 24.0 Å². The van der Waals surface area contributed by atoms with Crippen LogP contribution in [0.25, 0.3) is 0 Å². The third-order valence-electron chi connectivity index (χ3n) is 2.54. The monoisotopic (exact) mass is 221 g/mol. The predicted molar refractivity (Wildman–Crippen MR) is 65.1 cm³/mol. The highest BCUT2D eigenvalue weighted by atomic mass is 16.2. The van der Waals surface area contributed by atoms with E-state index in [-0.39, 0.29) is 5.91 Å². The van der Waals surface area contributed by atoms with E-state index in [1.807, 2.05) is 6.92 Å². The number of hydrogen-bond acceptors (Lipinski definition) is 3. The fourth-order valence-electron chi connectivity index (χ4n) is 1.51. The van der Waals surface area contributed by atoms with Crippen LogP contribution in [0.4, 0.5) is 5.69 Å². The summed E-state index contributed by atoms with van der Waals surface area (Å²) >= 11 is 0. The van der Waals surface area contributed by atoms with Crippen LogP contribution in [0.15, 0.2) is 18.5 Å². The summed E-state index contributed by atoms with van der Waals surface area (Å²) in [5.41, 5.74) is 6.75. The number of nitrogens with two attached hydrogens (primary N) is 1. The lowest BCUT2D eigenvalue weighted by Gasteiger charge is -2.21.